The third-order valence-corrected chi connectivity index (χ3v) is 1.99. The summed E-state index contributed by atoms with van der Waals surface area (Å²) in [6.07, 6.45) is -7.58. The molecule has 0 radical (unpaired) electrons. The molecule has 1 N–H and O–H groups in total. The maximum absolute atomic E-state index is 12.6. The van der Waals surface area contributed by atoms with Crippen LogP contribution in [0.1, 0.15) is 17.9 Å². The lowest BCUT2D eigenvalue weighted by Gasteiger charge is -2.19. The van der Waals surface area contributed by atoms with E-state index >= 15 is 0 Å². The summed E-state index contributed by atoms with van der Waals surface area (Å²) in [6, 6.07) is 0.958. The molecule has 3 nitrogen and oxygen atoms in total. The predicted octanol–water partition coefficient (Wildman–Crippen LogP) is 2.62. The first-order chi connectivity index (χ1) is 7.62. The number of aromatic hydroxyl groups is 1. The van der Waals surface area contributed by atoms with Crippen LogP contribution in [-0.4, -0.2) is 27.2 Å². The second-order valence-electron chi connectivity index (χ2n) is 3.47. The lowest BCUT2D eigenvalue weighted by atomic mass is 10.1. The highest BCUT2D eigenvalue weighted by Crippen LogP contribution is 2.38. The maximum Gasteiger partial charge on any atom is 0.453 e. The van der Waals surface area contributed by atoms with Crippen LogP contribution in [0.2, 0.25) is 0 Å². The van der Waals surface area contributed by atoms with Crippen molar-refractivity contribution in [1.82, 2.24) is 9.97 Å². The average molecular weight is 256 g/mol. The monoisotopic (exact) mass is 256 g/mol. The van der Waals surface area contributed by atoms with Crippen molar-refractivity contribution >= 4 is 0 Å². The number of aromatic nitrogens is 2. The summed E-state index contributed by atoms with van der Waals surface area (Å²) in [6.45, 7) is 1.39. The summed E-state index contributed by atoms with van der Waals surface area (Å²) in [7, 11) is 0. The Bertz CT molecular complexity index is 385. The van der Waals surface area contributed by atoms with Crippen LogP contribution in [0.5, 0.6) is 5.88 Å². The van der Waals surface area contributed by atoms with Gasteiger partial charge in [0, 0.05) is 18.2 Å². The molecular formula is C9H9F5N2O. The van der Waals surface area contributed by atoms with Gasteiger partial charge >= 0.3 is 12.1 Å². The van der Waals surface area contributed by atoms with E-state index in [0.717, 1.165) is 6.07 Å². The molecule has 0 aliphatic rings. The second kappa shape index (κ2) is 4.42. The normalized spacial score (nSPS) is 12.8. The molecule has 0 unspecified atom stereocenters. The predicted molar refractivity (Wildman–Crippen MR) is 47.8 cm³/mol. The van der Waals surface area contributed by atoms with Crippen molar-refractivity contribution in [2.75, 3.05) is 0 Å². The molecule has 0 fully saturated rings. The van der Waals surface area contributed by atoms with Gasteiger partial charge in [0.15, 0.2) is 0 Å². The lowest BCUT2D eigenvalue weighted by molar-refractivity contribution is -0.284. The number of rotatable bonds is 3. The molecule has 8 heteroatoms. The third kappa shape index (κ3) is 3.50. The van der Waals surface area contributed by atoms with Gasteiger partial charge in [0.2, 0.25) is 5.88 Å². The first-order valence-electron chi connectivity index (χ1n) is 4.60. The highest BCUT2D eigenvalue weighted by molar-refractivity contribution is 5.14. The van der Waals surface area contributed by atoms with Crippen LogP contribution in [0.4, 0.5) is 22.0 Å². The number of hydrogen-bond donors (Lipinski definition) is 1. The van der Waals surface area contributed by atoms with Gasteiger partial charge in [-0.1, -0.05) is 0 Å². The minimum atomic E-state index is -5.57. The van der Waals surface area contributed by atoms with Gasteiger partial charge in [-0.3, -0.25) is 0 Å². The van der Waals surface area contributed by atoms with E-state index in [0.29, 0.717) is 0 Å². The van der Waals surface area contributed by atoms with E-state index in [-0.39, 0.29) is 11.5 Å². The van der Waals surface area contributed by atoms with Gasteiger partial charge in [-0.25, -0.2) is 4.98 Å². The van der Waals surface area contributed by atoms with Gasteiger partial charge in [0.25, 0.3) is 0 Å². The Morgan fingerprint density at radius 2 is 1.76 bits per heavy atom. The standard InChI is InChI=1S/C9H9F5N2O/c1-5-15-6(4-7(17)16-5)2-3-8(10,11)9(12,13)14/h4H,2-3H2,1H3,(H,15,16,17). The third-order valence-electron chi connectivity index (χ3n) is 1.99. The van der Waals surface area contributed by atoms with Crippen LogP contribution < -0.4 is 0 Å². The molecule has 0 aromatic carbocycles. The van der Waals surface area contributed by atoms with E-state index < -0.39 is 30.8 Å². The topological polar surface area (TPSA) is 46.0 Å². The van der Waals surface area contributed by atoms with Crippen molar-refractivity contribution in [3.63, 3.8) is 0 Å². The molecule has 0 bridgehead atoms. The summed E-state index contributed by atoms with van der Waals surface area (Å²) in [5.74, 6) is -5.11. The molecule has 1 heterocycles. The van der Waals surface area contributed by atoms with Gasteiger partial charge in [-0.05, 0) is 13.3 Å². The van der Waals surface area contributed by atoms with Crippen molar-refractivity contribution < 1.29 is 27.1 Å². The van der Waals surface area contributed by atoms with Gasteiger partial charge in [0.05, 0.1) is 0 Å². The molecule has 0 amide bonds. The largest absolute Gasteiger partial charge is 0.493 e. The Labute approximate surface area is 93.3 Å². The van der Waals surface area contributed by atoms with Crippen molar-refractivity contribution in [2.24, 2.45) is 0 Å². The van der Waals surface area contributed by atoms with Crippen LogP contribution in [0.15, 0.2) is 6.07 Å². The molecule has 0 spiro atoms. The molecule has 96 valence electrons. The van der Waals surface area contributed by atoms with Crippen LogP contribution >= 0.6 is 0 Å². The highest BCUT2D eigenvalue weighted by atomic mass is 19.4. The Kier molecular flexibility index (Phi) is 3.53. The number of halogens is 5. The highest BCUT2D eigenvalue weighted by Gasteiger charge is 2.56. The van der Waals surface area contributed by atoms with Crippen LogP contribution in [0, 0.1) is 6.92 Å². The zero-order chi connectivity index (χ0) is 13.3. The summed E-state index contributed by atoms with van der Waals surface area (Å²) in [4.78, 5) is 7.11. The molecule has 0 aliphatic carbocycles. The smallest absolute Gasteiger partial charge is 0.453 e. The summed E-state index contributed by atoms with van der Waals surface area (Å²) in [5, 5.41) is 9.02. The SMILES string of the molecule is Cc1nc(O)cc(CCC(F)(F)C(F)(F)F)n1. The first-order valence-corrected chi connectivity index (χ1v) is 4.60. The van der Waals surface area contributed by atoms with Crippen LogP contribution in [0.3, 0.4) is 0 Å². The zero-order valence-electron chi connectivity index (χ0n) is 8.72. The van der Waals surface area contributed by atoms with Crippen LogP contribution in [0.25, 0.3) is 0 Å². The number of alkyl halides is 5. The Balaban J connectivity index is 2.74. The molecule has 1 aromatic rings. The van der Waals surface area contributed by atoms with Crippen molar-refractivity contribution in [3.05, 3.63) is 17.6 Å². The van der Waals surface area contributed by atoms with Crippen LogP contribution in [-0.2, 0) is 6.42 Å². The van der Waals surface area contributed by atoms with E-state index in [1.165, 1.54) is 6.92 Å². The fraction of sp³-hybridized carbons (Fsp3) is 0.556. The number of nitrogens with zero attached hydrogens (tertiary/aromatic N) is 2. The summed E-state index contributed by atoms with van der Waals surface area (Å²) >= 11 is 0. The van der Waals surface area contributed by atoms with Gasteiger partial charge < -0.3 is 5.11 Å². The second-order valence-corrected chi connectivity index (χ2v) is 3.47. The average Bonchev–Trinajstić information content (AvgIpc) is 2.11. The van der Waals surface area contributed by atoms with Gasteiger partial charge in [0.1, 0.15) is 5.82 Å². The summed E-state index contributed by atoms with van der Waals surface area (Å²) in [5.41, 5.74) is -0.0566. The van der Waals surface area contributed by atoms with E-state index in [1.807, 2.05) is 0 Å². The van der Waals surface area contributed by atoms with E-state index in [9.17, 15) is 22.0 Å². The summed E-state index contributed by atoms with van der Waals surface area (Å²) < 4.78 is 60.8. The fourth-order valence-corrected chi connectivity index (χ4v) is 1.17. The first kappa shape index (κ1) is 13.6. The Morgan fingerprint density at radius 1 is 1.18 bits per heavy atom. The molecule has 0 aliphatic heterocycles. The van der Waals surface area contributed by atoms with Gasteiger partial charge in [-0.2, -0.15) is 26.9 Å². The van der Waals surface area contributed by atoms with E-state index in [2.05, 4.69) is 9.97 Å². The fourth-order valence-electron chi connectivity index (χ4n) is 1.17. The zero-order valence-corrected chi connectivity index (χ0v) is 8.72. The molecule has 1 rings (SSSR count). The van der Waals surface area contributed by atoms with Crippen molar-refractivity contribution in [1.29, 1.82) is 0 Å². The number of aryl methyl sites for hydroxylation is 2. The molecule has 0 atom stereocenters. The molecule has 0 saturated heterocycles. The van der Waals surface area contributed by atoms with Gasteiger partial charge in [-0.15, -0.1) is 0 Å². The van der Waals surface area contributed by atoms with E-state index in [4.69, 9.17) is 5.11 Å². The minimum Gasteiger partial charge on any atom is -0.493 e. The Hall–Kier alpha value is -1.47. The molecule has 0 saturated carbocycles. The number of hydrogen-bond acceptors (Lipinski definition) is 3. The maximum atomic E-state index is 12.6. The lowest BCUT2D eigenvalue weighted by Crippen LogP contribution is -2.36. The molecule has 17 heavy (non-hydrogen) atoms. The Morgan fingerprint density at radius 3 is 2.24 bits per heavy atom. The molecule has 1 aromatic heterocycles. The van der Waals surface area contributed by atoms with Crippen molar-refractivity contribution in [3.8, 4) is 5.88 Å². The molecular weight excluding hydrogens is 247 g/mol. The van der Waals surface area contributed by atoms with E-state index in [1.54, 1.807) is 0 Å². The minimum absolute atomic E-state index is 0.0566. The van der Waals surface area contributed by atoms with Crippen molar-refractivity contribution in [2.45, 2.75) is 31.9 Å². The quantitative estimate of drug-likeness (QED) is 0.845.